The zero-order chi connectivity index (χ0) is 21.2. The second-order valence-corrected chi connectivity index (χ2v) is 8.77. The third kappa shape index (κ3) is 4.59. The van der Waals surface area contributed by atoms with Crippen molar-refractivity contribution in [1.82, 2.24) is 15.5 Å². The van der Waals surface area contributed by atoms with Gasteiger partial charge in [0.15, 0.2) is 5.96 Å². The molecule has 1 aromatic carbocycles. The normalized spacial score (nSPS) is 26.7. The highest BCUT2D eigenvalue weighted by molar-refractivity contribution is 5.79. The predicted octanol–water partition coefficient (Wildman–Crippen LogP) is 3.16. The van der Waals surface area contributed by atoms with E-state index in [1.54, 1.807) is 7.05 Å². The summed E-state index contributed by atoms with van der Waals surface area (Å²) in [4.78, 5) is 6.80. The Morgan fingerprint density at radius 1 is 1.27 bits per heavy atom. The lowest BCUT2D eigenvalue weighted by molar-refractivity contribution is -0.137. The summed E-state index contributed by atoms with van der Waals surface area (Å²) in [5.74, 6) is 0.667. The van der Waals surface area contributed by atoms with E-state index in [1.165, 1.54) is 25.0 Å². The smallest absolute Gasteiger partial charge is 0.373 e. The quantitative estimate of drug-likeness (QED) is 0.563. The summed E-state index contributed by atoms with van der Waals surface area (Å²) >= 11 is 0. The summed E-state index contributed by atoms with van der Waals surface area (Å²) < 4.78 is 45.4. The maximum atomic E-state index is 13.1. The standard InChI is InChI=1S/C22H31F3N4O/c1-26-20(27-12-19-13-29-10-3-7-18(29)14-30-19)28-15-21(8-4-9-21)16-5-2-6-17(11-16)22(23,24)25/h2,5-6,11,18-19H,3-4,7-10,12-15H2,1H3,(H2,26,27,28). The van der Waals surface area contributed by atoms with Gasteiger partial charge in [0, 0.05) is 38.1 Å². The minimum Gasteiger partial charge on any atom is -0.373 e. The Bertz CT molecular complexity index is 763. The van der Waals surface area contributed by atoms with Gasteiger partial charge in [0.25, 0.3) is 0 Å². The van der Waals surface area contributed by atoms with Gasteiger partial charge in [-0.3, -0.25) is 9.89 Å². The Balaban J connectivity index is 1.33. The number of alkyl halides is 3. The van der Waals surface area contributed by atoms with E-state index in [0.717, 1.165) is 50.6 Å². The largest absolute Gasteiger partial charge is 0.416 e. The van der Waals surface area contributed by atoms with E-state index in [4.69, 9.17) is 4.74 Å². The van der Waals surface area contributed by atoms with Crippen LogP contribution in [0.5, 0.6) is 0 Å². The van der Waals surface area contributed by atoms with Crippen molar-refractivity contribution in [1.29, 1.82) is 0 Å². The van der Waals surface area contributed by atoms with Crippen LogP contribution < -0.4 is 10.6 Å². The number of hydrogen-bond acceptors (Lipinski definition) is 3. The van der Waals surface area contributed by atoms with Crippen LogP contribution in [0.15, 0.2) is 29.3 Å². The molecule has 0 aromatic heterocycles. The highest BCUT2D eigenvalue weighted by Gasteiger charge is 2.40. The van der Waals surface area contributed by atoms with Crippen LogP contribution in [0.25, 0.3) is 0 Å². The van der Waals surface area contributed by atoms with Crippen molar-refractivity contribution in [3.05, 3.63) is 35.4 Å². The number of guanidine groups is 1. The lowest BCUT2D eigenvalue weighted by atomic mass is 9.64. The Morgan fingerprint density at radius 3 is 2.80 bits per heavy atom. The number of halogens is 3. The highest BCUT2D eigenvalue weighted by atomic mass is 19.4. The molecule has 0 spiro atoms. The number of rotatable bonds is 5. The first-order chi connectivity index (χ1) is 14.4. The molecule has 0 radical (unpaired) electrons. The van der Waals surface area contributed by atoms with Gasteiger partial charge in [-0.05, 0) is 43.9 Å². The summed E-state index contributed by atoms with van der Waals surface area (Å²) in [6, 6.07) is 6.34. The Hall–Kier alpha value is -1.80. The van der Waals surface area contributed by atoms with Crippen molar-refractivity contribution in [2.75, 3.05) is 39.8 Å². The van der Waals surface area contributed by atoms with Crippen molar-refractivity contribution >= 4 is 5.96 Å². The van der Waals surface area contributed by atoms with Gasteiger partial charge in [-0.15, -0.1) is 0 Å². The average molecular weight is 425 g/mol. The van der Waals surface area contributed by atoms with Gasteiger partial charge in [-0.25, -0.2) is 0 Å². The first-order valence-corrected chi connectivity index (χ1v) is 10.9. The van der Waals surface area contributed by atoms with Gasteiger partial charge in [0.05, 0.1) is 18.3 Å². The van der Waals surface area contributed by atoms with Crippen LogP contribution in [0.2, 0.25) is 0 Å². The number of ether oxygens (including phenoxy) is 1. The second kappa shape index (κ2) is 8.75. The Kier molecular flexibility index (Phi) is 6.25. The third-order valence-corrected chi connectivity index (χ3v) is 6.89. The van der Waals surface area contributed by atoms with Gasteiger partial charge in [0.2, 0.25) is 0 Å². The monoisotopic (exact) mass is 424 g/mol. The molecule has 3 aliphatic rings. The number of benzene rings is 1. The summed E-state index contributed by atoms with van der Waals surface area (Å²) in [5.41, 5.74) is -0.103. The molecule has 2 saturated heterocycles. The van der Waals surface area contributed by atoms with Gasteiger partial charge < -0.3 is 15.4 Å². The minimum atomic E-state index is -4.32. The molecule has 2 heterocycles. The molecule has 2 aliphatic heterocycles. The zero-order valence-corrected chi connectivity index (χ0v) is 17.5. The van der Waals surface area contributed by atoms with Crippen molar-refractivity contribution < 1.29 is 17.9 Å². The predicted molar refractivity (Wildman–Crippen MR) is 111 cm³/mol. The molecule has 4 rings (SSSR count). The number of hydrogen-bond donors (Lipinski definition) is 2. The first kappa shape index (κ1) is 21.4. The van der Waals surface area contributed by atoms with E-state index in [-0.39, 0.29) is 11.5 Å². The molecular formula is C22H31F3N4O. The molecule has 1 aromatic rings. The molecule has 2 atom stereocenters. The number of nitrogens with zero attached hydrogens (tertiary/aromatic N) is 2. The number of aliphatic imine (C=N–C) groups is 1. The summed E-state index contributed by atoms with van der Waals surface area (Å²) in [6.45, 7) is 4.10. The van der Waals surface area contributed by atoms with Crippen LogP contribution in [-0.4, -0.2) is 62.8 Å². The van der Waals surface area contributed by atoms with Crippen molar-refractivity contribution in [3.8, 4) is 0 Å². The van der Waals surface area contributed by atoms with Crippen molar-refractivity contribution in [3.63, 3.8) is 0 Å². The number of morpholine rings is 1. The SMILES string of the molecule is CN=C(NCC1CN2CCCC2CO1)NCC1(c2cccc(C(F)(F)F)c2)CCC1. The molecule has 0 amide bonds. The van der Waals surface area contributed by atoms with E-state index in [1.807, 2.05) is 6.07 Å². The van der Waals surface area contributed by atoms with Crippen LogP contribution in [0.3, 0.4) is 0 Å². The lowest BCUT2D eigenvalue weighted by Crippen LogP contribution is -2.53. The van der Waals surface area contributed by atoms with E-state index in [0.29, 0.717) is 25.1 Å². The fraction of sp³-hybridized carbons (Fsp3) is 0.682. The minimum absolute atomic E-state index is 0.124. The molecular weight excluding hydrogens is 393 g/mol. The average Bonchev–Trinajstić information content (AvgIpc) is 3.17. The fourth-order valence-corrected chi connectivity index (χ4v) is 4.89. The van der Waals surface area contributed by atoms with Crippen LogP contribution in [0.4, 0.5) is 13.2 Å². The van der Waals surface area contributed by atoms with Gasteiger partial charge >= 0.3 is 6.18 Å². The van der Waals surface area contributed by atoms with Crippen molar-refractivity contribution in [2.45, 2.75) is 55.8 Å². The maximum Gasteiger partial charge on any atom is 0.416 e. The van der Waals surface area contributed by atoms with Crippen molar-refractivity contribution in [2.24, 2.45) is 4.99 Å². The summed E-state index contributed by atoms with van der Waals surface area (Å²) in [7, 11) is 1.71. The molecule has 3 fully saturated rings. The highest BCUT2D eigenvalue weighted by Crippen LogP contribution is 2.44. The van der Waals surface area contributed by atoms with Crippen LogP contribution in [-0.2, 0) is 16.3 Å². The van der Waals surface area contributed by atoms with Gasteiger partial charge in [-0.2, -0.15) is 13.2 Å². The number of fused-ring (bicyclic) bond motifs is 1. The van der Waals surface area contributed by atoms with Gasteiger partial charge in [-0.1, -0.05) is 24.6 Å². The molecule has 30 heavy (non-hydrogen) atoms. The molecule has 2 unspecified atom stereocenters. The molecule has 1 saturated carbocycles. The fourth-order valence-electron chi connectivity index (χ4n) is 4.89. The van der Waals surface area contributed by atoms with Crippen LogP contribution in [0.1, 0.15) is 43.2 Å². The lowest BCUT2D eigenvalue weighted by Gasteiger charge is -2.43. The van der Waals surface area contributed by atoms with E-state index < -0.39 is 11.7 Å². The summed E-state index contributed by atoms with van der Waals surface area (Å²) in [6.07, 6.45) is 1.05. The Labute approximate surface area is 176 Å². The molecule has 8 heteroatoms. The first-order valence-electron chi connectivity index (χ1n) is 10.9. The van der Waals surface area contributed by atoms with Gasteiger partial charge in [0.1, 0.15) is 0 Å². The zero-order valence-electron chi connectivity index (χ0n) is 17.5. The van der Waals surface area contributed by atoms with Crippen LogP contribution >= 0.6 is 0 Å². The third-order valence-electron chi connectivity index (χ3n) is 6.89. The molecule has 166 valence electrons. The van der Waals surface area contributed by atoms with E-state index in [9.17, 15) is 13.2 Å². The molecule has 5 nitrogen and oxygen atoms in total. The topological polar surface area (TPSA) is 48.9 Å². The molecule has 1 aliphatic carbocycles. The van der Waals surface area contributed by atoms with E-state index in [2.05, 4.69) is 20.5 Å². The maximum absolute atomic E-state index is 13.1. The molecule has 2 N–H and O–H groups in total. The summed E-state index contributed by atoms with van der Waals surface area (Å²) in [5, 5.41) is 6.68. The second-order valence-electron chi connectivity index (χ2n) is 8.77. The Morgan fingerprint density at radius 2 is 2.10 bits per heavy atom. The van der Waals surface area contributed by atoms with E-state index >= 15 is 0 Å². The number of nitrogens with one attached hydrogen (secondary N) is 2. The van der Waals surface area contributed by atoms with Crippen LogP contribution in [0, 0.1) is 0 Å². The molecule has 0 bridgehead atoms.